The molecule has 1 aliphatic carbocycles. The molecule has 0 bridgehead atoms. The minimum atomic E-state index is -3.12. The van der Waals surface area contributed by atoms with Gasteiger partial charge in [-0.25, -0.2) is 12.8 Å². The molecule has 0 N–H and O–H groups in total. The van der Waals surface area contributed by atoms with E-state index in [1.54, 1.807) is 13.0 Å². The summed E-state index contributed by atoms with van der Waals surface area (Å²) in [5.74, 6) is -0.397. The van der Waals surface area contributed by atoms with E-state index in [0.29, 0.717) is 20.9 Å². The van der Waals surface area contributed by atoms with Gasteiger partial charge >= 0.3 is 0 Å². The van der Waals surface area contributed by atoms with Crippen molar-refractivity contribution in [2.75, 3.05) is 6.26 Å². The number of aryl methyl sites for hydroxylation is 1. The topological polar surface area (TPSA) is 57.9 Å². The molecular weight excluding hydrogens is 373 g/mol. The highest BCUT2D eigenvalue weighted by Gasteiger charge is 2.28. The minimum absolute atomic E-state index is 0.176. The van der Waals surface area contributed by atoms with Crippen LogP contribution in [-0.4, -0.2) is 14.7 Å². The number of allylic oxidation sites excluding steroid dienone is 2. The summed E-state index contributed by atoms with van der Waals surface area (Å²) in [5, 5.41) is 8.73. The number of benzene rings is 1. The van der Waals surface area contributed by atoms with Crippen LogP contribution < -0.4 is 0 Å². The lowest BCUT2D eigenvalue weighted by atomic mass is 9.75. The third kappa shape index (κ3) is 5.96. The second-order valence-corrected chi connectivity index (χ2v) is 9.93. The van der Waals surface area contributed by atoms with Crippen molar-refractivity contribution in [2.24, 2.45) is 5.41 Å². The highest BCUT2D eigenvalue weighted by Crippen LogP contribution is 2.41. The predicted molar refractivity (Wildman–Crippen MR) is 105 cm³/mol. The Bertz CT molecular complexity index is 893. The summed E-state index contributed by atoms with van der Waals surface area (Å²) in [6.07, 6.45) is 4.07. The Kier molecular flexibility index (Phi) is 7.21. The molecule has 0 heterocycles. The molecule has 0 fully saturated rings. The quantitative estimate of drug-likeness (QED) is 0.640. The van der Waals surface area contributed by atoms with Crippen molar-refractivity contribution in [3.05, 3.63) is 56.7 Å². The van der Waals surface area contributed by atoms with Crippen LogP contribution in [0.4, 0.5) is 4.39 Å². The maximum absolute atomic E-state index is 12.7. The number of sulfone groups is 1. The molecule has 1 aromatic rings. The third-order valence-electron chi connectivity index (χ3n) is 4.46. The summed E-state index contributed by atoms with van der Waals surface area (Å²) < 4.78 is 35.5. The largest absolute Gasteiger partial charge is 0.224 e. The Morgan fingerprint density at radius 2 is 1.92 bits per heavy atom. The fourth-order valence-electron chi connectivity index (χ4n) is 2.92. The van der Waals surface area contributed by atoms with E-state index in [0.717, 1.165) is 30.9 Å². The maximum atomic E-state index is 12.7. The van der Waals surface area contributed by atoms with E-state index >= 15 is 0 Å². The summed E-state index contributed by atoms with van der Waals surface area (Å²) in [6, 6.07) is 4.37. The van der Waals surface area contributed by atoms with Crippen LogP contribution in [0.5, 0.6) is 0 Å². The maximum Gasteiger partial charge on any atom is 0.175 e. The van der Waals surface area contributed by atoms with E-state index in [2.05, 4.69) is 20.4 Å². The van der Waals surface area contributed by atoms with Gasteiger partial charge in [0.2, 0.25) is 0 Å². The van der Waals surface area contributed by atoms with Crippen molar-refractivity contribution in [3.63, 3.8) is 0 Å². The molecule has 2 rings (SSSR count). The Morgan fingerprint density at radius 3 is 2.38 bits per heavy atom. The minimum Gasteiger partial charge on any atom is -0.224 e. The normalized spacial score (nSPS) is 16.4. The molecule has 1 aromatic carbocycles. The van der Waals surface area contributed by atoms with Crippen molar-refractivity contribution in [1.29, 1.82) is 5.26 Å². The monoisotopic (exact) mass is 397 g/mol. The first-order valence-electron chi connectivity index (χ1n) is 8.22. The lowest BCUT2D eigenvalue weighted by Gasteiger charge is -2.32. The van der Waals surface area contributed by atoms with E-state index in [-0.39, 0.29) is 5.56 Å². The first-order chi connectivity index (χ1) is 11.8. The number of nitrogens with zero attached hydrogens (tertiary/aromatic N) is 1. The molecule has 0 saturated carbocycles. The zero-order valence-corrected chi connectivity index (χ0v) is 17.5. The van der Waals surface area contributed by atoms with E-state index in [4.69, 9.17) is 16.9 Å². The Balaban J connectivity index is 0.000000273. The van der Waals surface area contributed by atoms with Gasteiger partial charge < -0.3 is 0 Å². The van der Waals surface area contributed by atoms with Gasteiger partial charge in [0, 0.05) is 6.26 Å². The summed E-state index contributed by atoms with van der Waals surface area (Å²) >= 11 is 5.61. The lowest BCUT2D eigenvalue weighted by molar-refractivity contribution is 0.315. The van der Waals surface area contributed by atoms with Crippen LogP contribution in [0.1, 0.15) is 51.2 Å². The van der Waals surface area contributed by atoms with Crippen molar-refractivity contribution >= 4 is 21.4 Å². The number of halogens is 2. The molecular formula is C20H25ClFNO2S. The summed E-state index contributed by atoms with van der Waals surface area (Å²) in [7, 11) is -3.12. The van der Waals surface area contributed by atoms with Crippen molar-refractivity contribution in [3.8, 4) is 6.07 Å². The average molecular weight is 398 g/mol. The summed E-state index contributed by atoms with van der Waals surface area (Å²) in [4.78, 5) is 0.315. The van der Waals surface area contributed by atoms with Crippen LogP contribution in [0.3, 0.4) is 0 Å². The van der Waals surface area contributed by atoms with E-state index < -0.39 is 15.7 Å². The zero-order valence-electron chi connectivity index (χ0n) is 15.9. The molecule has 0 unspecified atom stereocenters. The van der Waals surface area contributed by atoms with Gasteiger partial charge in [0.1, 0.15) is 11.9 Å². The third-order valence-corrected chi connectivity index (χ3v) is 5.92. The van der Waals surface area contributed by atoms with Crippen LogP contribution in [0.15, 0.2) is 34.8 Å². The highest BCUT2D eigenvalue weighted by molar-refractivity contribution is 7.94. The second-order valence-electron chi connectivity index (χ2n) is 7.49. The van der Waals surface area contributed by atoms with Crippen LogP contribution in [0.2, 0.25) is 5.02 Å². The van der Waals surface area contributed by atoms with Gasteiger partial charge in [-0.1, -0.05) is 37.6 Å². The molecule has 1 aliphatic rings. The molecule has 0 aliphatic heterocycles. The SMILES string of the molecule is C=C(C1=C(C)CC(C)(C)CC1)S(C)(=O)=O.Cc1cc(Cl)c(C#N)cc1F. The van der Waals surface area contributed by atoms with E-state index in [9.17, 15) is 12.8 Å². The standard InChI is InChI=1S/C12H20O2S.C8H5ClFN/c1-9-8-12(3,4)7-6-11(9)10(2)15(5,13)14;1-5-2-7(9)6(4-11)3-8(5)10/h2,6-8H2,1,3-5H3;2-3H,1H3. The first kappa shape index (κ1) is 22.4. The van der Waals surface area contributed by atoms with Crippen LogP contribution in [-0.2, 0) is 9.84 Å². The van der Waals surface area contributed by atoms with Crippen molar-refractivity contribution in [1.82, 2.24) is 0 Å². The molecule has 0 aromatic heterocycles. The zero-order chi connectivity index (χ0) is 20.3. The van der Waals surface area contributed by atoms with E-state index in [1.165, 1.54) is 17.9 Å². The van der Waals surface area contributed by atoms with Gasteiger partial charge in [0.25, 0.3) is 0 Å². The fraction of sp³-hybridized carbons (Fsp3) is 0.450. The predicted octanol–water partition coefficient (Wildman–Crippen LogP) is 5.73. The summed E-state index contributed by atoms with van der Waals surface area (Å²) in [6.45, 7) is 11.8. The molecule has 0 amide bonds. The Hall–Kier alpha value is -1.64. The van der Waals surface area contributed by atoms with Gasteiger partial charge in [-0.3, -0.25) is 0 Å². The van der Waals surface area contributed by atoms with E-state index in [1.807, 2.05) is 6.92 Å². The van der Waals surface area contributed by atoms with Gasteiger partial charge in [0.05, 0.1) is 15.5 Å². The highest BCUT2D eigenvalue weighted by atomic mass is 35.5. The number of hydrogen-bond acceptors (Lipinski definition) is 3. The molecule has 0 saturated heterocycles. The smallest absolute Gasteiger partial charge is 0.175 e. The van der Waals surface area contributed by atoms with Gasteiger partial charge in [-0.2, -0.15) is 5.26 Å². The Morgan fingerprint density at radius 1 is 1.35 bits per heavy atom. The fourth-order valence-corrected chi connectivity index (χ4v) is 3.91. The van der Waals surface area contributed by atoms with Crippen LogP contribution in [0, 0.1) is 29.5 Å². The lowest BCUT2D eigenvalue weighted by Crippen LogP contribution is -2.19. The second kappa shape index (κ2) is 8.37. The molecule has 142 valence electrons. The van der Waals surface area contributed by atoms with Crippen molar-refractivity contribution in [2.45, 2.75) is 47.0 Å². The molecule has 6 heteroatoms. The van der Waals surface area contributed by atoms with Crippen molar-refractivity contribution < 1.29 is 12.8 Å². The number of hydrogen-bond donors (Lipinski definition) is 0. The van der Waals surface area contributed by atoms with Crippen LogP contribution in [0.25, 0.3) is 0 Å². The van der Waals surface area contributed by atoms with Crippen LogP contribution >= 0.6 is 11.6 Å². The Labute approximate surface area is 161 Å². The molecule has 0 atom stereocenters. The molecule has 0 radical (unpaired) electrons. The first-order valence-corrected chi connectivity index (χ1v) is 10.5. The van der Waals surface area contributed by atoms with Gasteiger partial charge in [-0.05, 0) is 61.8 Å². The number of nitriles is 1. The number of rotatable bonds is 2. The molecule has 26 heavy (non-hydrogen) atoms. The summed E-state index contributed by atoms with van der Waals surface area (Å²) in [5.41, 5.74) is 3.06. The molecule has 0 spiro atoms. The van der Waals surface area contributed by atoms with Gasteiger partial charge in [-0.15, -0.1) is 0 Å². The average Bonchev–Trinajstić information content (AvgIpc) is 2.49. The molecule has 3 nitrogen and oxygen atoms in total. The van der Waals surface area contributed by atoms with Gasteiger partial charge in [0.15, 0.2) is 9.84 Å².